The third-order valence-corrected chi connectivity index (χ3v) is 4.82. The minimum Gasteiger partial charge on any atom is -0.313 e. The van der Waals surface area contributed by atoms with Gasteiger partial charge in [0.2, 0.25) is 0 Å². The molecule has 3 aromatic rings. The van der Waals surface area contributed by atoms with Crippen molar-refractivity contribution in [2.45, 2.75) is 20.4 Å². The van der Waals surface area contributed by atoms with Gasteiger partial charge in [0.15, 0.2) is 0 Å². The molecule has 0 amide bonds. The molecule has 0 fully saturated rings. The molecule has 0 bridgehead atoms. The monoisotopic (exact) mass is 355 g/mol. The molecule has 0 radical (unpaired) electrons. The van der Waals surface area contributed by atoms with Gasteiger partial charge in [0.1, 0.15) is 5.84 Å². The van der Waals surface area contributed by atoms with E-state index in [-0.39, 0.29) is 0 Å². The Morgan fingerprint density at radius 3 is 2.11 bits per heavy atom. The number of amidine groups is 1. The molecule has 0 aromatic heterocycles. The predicted molar refractivity (Wildman–Crippen MR) is 113 cm³/mol. The molecule has 0 atom stereocenters. The van der Waals surface area contributed by atoms with Gasteiger partial charge < -0.3 is 4.90 Å². The second kappa shape index (κ2) is 7.77. The third kappa shape index (κ3) is 4.09. The smallest absolute Gasteiger partial charge is 0.137 e. The molecule has 4 rings (SSSR count). The van der Waals surface area contributed by atoms with Crippen LogP contribution < -0.4 is 4.90 Å². The van der Waals surface area contributed by atoms with Crippen LogP contribution in [0.5, 0.6) is 0 Å². The highest BCUT2D eigenvalue weighted by Crippen LogP contribution is 2.24. The Bertz CT molecular complexity index is 912. The molecule has 1 aliphatic rings. The fourth-order valence-electron chi connectivity index (χ4n) is 3.65. The van der Waals surface area contributed by atoms with Gasteiger partial charge in [-0.3, -0.25) is 9.89 Å². The third-order valence-electron chi connectivity index (χ3n) is 4.82. The van der Waals surface area contributed by atoms with Crippen molar-refractivity contribution in [3.05, 3.63) is 101 Å². The molecule has 136 valence electrons. The van der Waals surface area contributed by atoms with Crippen molar-refractivity contribution in [2.24, 2.45) is 4.99 Å². The number of hydrogen-bond donors (Lipinski definition) is 0. The van der Waals surface area contributed by atoms with E-state index < -0.39 is 0 Å². The van der Waals surface area contributed by atoms with Crippen LogP contribution in [0.15, 0.2) is 83.9 Å². The summed E-state index contributed by atoms with van der Waals surface area (Å²) in [5, 5.41) is 0. The van der Waals surface area contributed by atoms with Gasteiger partial charge in [-0.05, 0) is 42.7 Å². The standard InChI is InChI=1S/C24H25N3/c1-19-13-20(2)15-23(14-19)27-18-26(16-21-9-5-3-6-10-21)17-25-24(27)22-11-7-4-8-12-22/h3-15H,16-18H2,1-2H3. The first-order valence-corrected chi connectivity index (χ1v) is 9.41. The van der Waals surface area contributed by atoms with Crippen LogP contribution in [0.25, 0.3) is 0 Å². The van der Waals surface area contributed by atoms with E-state index in [4.69, 9.17) is 4.99 Å². The maximum atomic E-state index is 4.96. The summed E-state index contributed by atoms with van der Waals surface area (Å²) in [6.07, 6.45) is 0. The average Bonchev–Trinajstić information content (AvgIpc) is 2.69. The SMILES string of the molecule is Cc1cc(C)cc(N2CN(Cc3ccccc3)CN=C2c2ccccc2)c1. The lowest BCUT2D eigenvalue weighted by Crippen LogP contribution is -2.46. The van der Waals surface area contributed by atoms with Gasteiger partial charge in [-0.25, -0.2) is 0 Å². The van der Waals surface area contributed by atoms with Crippen LogP contribution in [0.2, 0.25) is 0 Å². The number of rotatable bonds is 4. The van der Waals surface area contributed by atoms with Gasteiger partial charge >= 0.3 is 0 Å². The zero-order valence-corrected chi connectivity index (χ0v) is 16.0. The van der Waals surface area contributed by atoms with E-state index >= 15 is 0 Å². The number of hydrogen-bond acceptors (Lipinski definition) is 3. The highest BCUT2D eigenvalue weighted by Gasteiger charge is 2.23. The van der Waals surface area contributed by atoms with Gasteiger partial charge in [-0.15, -0.1) is 0 Å². The van der Waals surface area contributed by atoms with Crippen LogP contribution >= 0.6 is 0 Å². The molecule has 1 aliphatic heterocycles. The number of benzene rings is 3. The molecule has 0 saturated carbocycles. The summed E-state index contributed by atoms with van der Waals surface area (Å²) in [4.78, 5) is 9.67. The Morgan fingerprint density at radius 2 is 1.44 bits per heavy atom. The van der Waals surface area contributed by atoms with E-state index in [0.717, 1.165) is 24.6 Å². The molecule has 3 heteroatoms. The number of aliphatic imine (C=N–C) groups is 1. The molecule has 0 unspecified atom stereocenters. The predicted octanol–water partition coefficient (Wildman–Crippen LogP) is 4.99. The van der Waals surface area contributed by atoms with Crippen LogP contribution in [0.1, 0.15) is 22.3 Å². The topological polar surface area (TPSA) is 18.8 Å². The van der Waals surface area contributed by atoms with Crippen molar-refractivity contribution in [3.63, 3.8) is 0 Å². The summed E-state index contributed by atoms with van der Waals surface area (Å²) in [6.45, 7) is 6.74. The van der Waals surface area contributed by atoms with E-state index in [1.807, 2.05) is 0 Å². The van der Waals surface area contributed by atoms with Gasteiger partial charge in [0.25, 0.3) is 0 Å². The van der Waals surface area contributed by atoms with Crippen molar-refractivity contribution in [2.75, 3.05) is 18.2 Å². The summed E-state index contributed by atoms with van der Waals surface area (Å²) in [6, 6.07) is 27.8. The first-order valence-electron chi connectivity index (χ1n) is 9.41. The van der Waals surface area contributed by atoms with Gasteiger partial charge in [-0.1, -0.05) is 66.7 Å². The zero-order valence-electron chi connectivity index (χ0n) is 16.0. The highest BCUT2D eigenvalue weighted by molar-refractivity contribution is 6.10. The summed E-state index contributed by atoms with van der Waals surface area (Å²) in [7, 11) is 0. The summed E-state index contributed by atoms with van der Waals surface area (Å²) < 4.78 is 0. The summed E-state index contributed by atoms with van der Waals surface area (Å²) in [5.74, 6) is 1.05. The lowest BCUT2D eigenvalue weighted by Gasteiger charge is -2.36. The van der Waals surface area contributed by atoms with E-state index in [1.165, 1.54) is 22.4 Å². The maximum Gasteiger partial charge on any atom is 0.137 e. The fourth-order valence-corrected chi connectivity index (χ4v) is 3.65. The molecular formula is C24H25N3. The quantitative estimate of drug-likeness (QED) is 0.657. The molecule has 0 saturated heterocycles. The van der Waals surface area contributed by atoms with E-state index in [0.29, 0.717) is 6.67 Å². The Balaban J connectivity index is 1.68. The molecule has 0 aliphatic carbocycles. The first-order chi connectivity index (χ1) is 13.2. The van der Waals surface area contributed by atoms with Crippen LogP contribution in [0.3, 0.4) is 0 Å². The zero-order chi connectivity index (χ0) is 18.6. The lowest BCUT2D eigenvalue weighted by molar-refractivity contribution is 0.273. The van der Waals surface area contributed by atoms with Crippen LogP contribution in [0.4, 0.5) is 5.69 Å². The molecule has 0 N–H and O–H groups in total. The molecule has 0 spiro atoms. The van der Waals surface area contributed by atoms with Crippen molar-refractivity contribution in [3.8, 4) is 0 Å². The van der Waals surface area contributed by atoms with Crippen molar-refractivity contribution >= 4 is 11.5 Å². The highest BCUT2D eigenvalue weighted by atomic mass is 15.4. The Labute approximate surface area is 161 Å². The van der Waals surface area contributed by atoms with Crippen LogP contribution in [-0.4, -0.2) is 24.1 Å². The van der Waals surface area contributed by atoms with E-state index in [2.05, 4.69) is 103 Å². The largest absolute Gasteiger partial charge is 0.313 e. The lowest BCUT2D eigenvalue weighted by atomic mass is 10.1. The molecule has 3 nitrogen and oxygen atoms in total. The van der Waals surface area contributed by atoms with Gasteiger partial charge in [-0.2, -0.15) is 0 Å². The van der Waals surface area contributed by atoms with Crippen LogP contribution in [-0.2, 0) is 6.54 Å². The molecule has 1 heterocycles. The number of anilines is 1. The fraction of sp³-hybridized carbons (Fsp3) is 0.208. The summed E-state index contributed by atoms with van der Waals surface area (Å²) >= 11 is 0. The average molecular weight is 355 g/mol. The summed E-state index contributed by atoms with van der Waals surface area (Å²) in [5.41, 5.74) is 6.23. The minimum absolute atomic E-state index is 0.709. The maximum absolute atomic E-state index is 4.96. The molecule has 27 heavy (non-hydrogen) atoms. The van der Waals surface area contributed by atoms with Gasteiger partial charge in [0.05, 0.1) is 13.3 Å². The Hall–Kier alpha value is -2.91. The van der Waals surface area contributed by atoms with E-state index in [1.54, 1.807) is 0 Å². The first kappa shape index (κ1) is 17.5. The van der Waals surface area contributed by atoms with Crippen molar-refractivity contribution < 1.29 is 0 Å². The normalized spacial score (nSPS) is 14.9. The van der Waals surface area contributed by atoms with Crippen molar-refractivity contribution in [1.29, 1.82) is 0 Å². The second-order valence-corrected chi connectivity index (χ2v) is 7.22. The van der Waals surface area contributed by atoms with Crippen LogP contribution in [0, 0.1) is 13.8 Å². The molecular weight excluding hydrogens is 330 g/mol. The molecule has 3 aromatic carbocycles. The minimum atomic E-state index is 0.709. The van der Waals surface area contributed by atoms with Gasteiger partial charge in [0, 0.05) is 17.8 Å². The Morgan fingerprint density at radius 1 is 0.815 bits per heavy atom. The van der Waals surface area contributed by atoms with Crippen molar-refractivity contribution in [1.82, 2.24) is 4.90 Å². The number of nitrogens with zero attached hydrogens (tertiary/aromatic N) is 3. The Kier molecular flexibility index (Phi) is 5.03. The number of aryl methyl sites for hydroxylation is 2. The second-order valence-electron chi connectivity index (χ2n) is 7.22. The van der Waals surface area contributed by atoms with E-state index in [9.17, 15) is 0 Å².